The van der Waals surface area contributed by atoms with Crippen LogP contribution in [0.4, 0.5) is 5.69 Å². The van der Waals surface area contributed by atoms with Gasteiger partial charge in [0.1, 0.15) is 0 Å². The molecule has 2 aliphatic rings. The van der Waals surface area contributed by atoms with E-state index in [1.54, 1.807) is 0 Å². The van der Waals surface area contributed by atoms with Gasteiger partial charge in [-0.25, -0.2) is 8.42 Å². The van der Waals surface area contributed by atoms with E-state index in [1.165, 1.54) is 12.8 Å². The molecule has 1 aromatic carbocycles. The molecule has 1 N–H and O–H groups in total. The van der Waals surface area contributed by atoms with Gasteiger partial charge in [0, 0.05) is 35.9 Å². The zero-order chi connectivity index (χ0) is 15.0. The summed E-state index contributed by atoms with van der Waals surface area (Å²) in [4.78, 5) is 2.20. The zero-order valence-electron chi connectivity index (χ0n) is 12.2. The van der Waals surface area contributed by atoms with E-state index < -0.39 is 9.84 Å². The number of nitrogens with zero attached hydrogens (tertiary/aromatic N) is 1. The van der Waals surface area contributed by atoms with Crippen molar-refractivity contribution in [1.82, 2.24) is 5.32 Å². The second-order valence-electron chi connectivity index (χ2n) is 6.08. The largest absolute Gasteiger partial charge is 0.367 e. The van der Waals surface area contributed by atoms with Crippen molar-refractivity contribution >= 4 is 27.1 Å². The summed E-state index contributed by atoms with van der Waals surface area (Å²) >= 11 is 6.13. The molecule has 21 heavy (non-hydrogen) atoms. The maximum absolute atomic E-state index is 11.7. The van der Waals surface area contributed by atoms with Crippen LogP contribution in [0.1, 0.15) is 25.3 Å². The predicted octanol–water partition coefficient (Wildman–Crippen LogP) is 2.22. The molecule has 116 valence electrons. The summed E-state index contributed by atoms with van der Waals surface area (Å²) in [7, 11) is -2.89. The number of benzene rings is 1. The first-order chi connectivity index (χ1) is 9.94. The van der Waals surface area contributed by atoms with Crippen LogP contribution in [0.15, 0.2) is 18.2 Å². The fourth-order valence-corrected chi connectivity index (χ4v) is 4.63. The van der Waals surface area contributed by atoms with E-state index in [-0.39, 0.29) is 17.5 Å². The van der Waals surface area contributed by atoms with Gasteiger partial charge in [-0.05, 0) is 43.5 Å². The Hall–Kier alpha value is -0.780. The van der Waals surface area contributed by atoms with Crippen LogP contribution in [0.5, 0.6) is 0 Å². The van der Waals surface area contributed by atoms with Crippen LogP contribution < -0.4 is 10.2 Å². The summed E-state index contributed by atoms with van der Waals surface area (Å²) in [5, 5.41) is 4.23. The van der Waals surface area contributed by atoms with Crippen molar-refractivity contribution in [2.24, 2.45) is 0 Å². The Morgan fingerprint density at radius 2 is 2.14 bits per heavy atom. The van der Waals surface area contributed by atoms with Crippen molar-refractivity contribution in [3.8, 4) is 0 Å². The van der Waals surface area contributed by atoms with Gasteiger partial charge >= 0.3 is 0 Å². The lowest BCUT2D eigenvalue weighted by Gasteiger charge is -2.36. The molecule has 1 unspecified atom stereocenters. The molecule has 0 bridgehead atoms. The molecule has 0 amide bonds. The Morgan fingerprint density at radius 1 is 1.38 bits per heavy atom. The first-order valence-corrected chi connectivity index (χ1v) is 9.63. The highest BCUT2D eigenvalue weighted by molar-refractivity contribution is 7.91. The van der Waals surface area contributed by atoms with Gasteiger partial charge in [0.05, 0.1) is 11.5 Å². The highest BCUT2D eigenvalue weighted by Crippen LogP contribution is 2.29. The molecule has 1 aliphatic carbocycles. The minimum Gasteiger partial charge on any atom is -0.367 e. The average Bonchev–Trinajstić information content (AvgIpc) is 3.21. The number of sulfone groups is 1. The quantitative estimate of drug-likeness (QED) is 0.920. The molecule has 1 atom stereocenters. The molecular formula is C15H21ClN2O2S. The van der Waals surface area contributed by atoms with Crippen LogP contribution in [-0.4, -0.2) is 38.6 Å². The number of nitrogens with one attached hydrogen (secondary N) is 1. The highest BCUT2D eigenvalue weighted by Gasteiger charge is 2.29. The number of halogens is 1. The maximum Gasteiger partial charge on any atom is 0.154 e. The summed E-state index contributed by atoms with van der Waals surface area (Å²) < 4.78 is 23.5. The first-order valence-electron chi connectivity index (χ1n) is 7.43. The molecule has 1 saturated heterocycles. The van der Waals surface area contributed by atoms with Gasteiger partial charge in [-0.15, -0.1) is 0 Å². The molecule has 1 aromatic rings. The molecule has 4 nitrogen and oxygen atoms in total. The molecule has 1 heterocycles. The molecule has 1 aliphatic heterocycles. The van der Waals surface area contributed by atoms with E-state index in [2.05, 4.69) is 10.2 Å². The molecule has 0 radical (unpaired) electrons. The van der Waals surface area contributed by atoms with Crippen molar-refractivity contribution < 1.29 is 8.42 Å². The van der Waals surface area contributed by atoms with Crippen LogP contribution in [0, 0.1) is 0 Å². The van der Waals surface area contributed by atoms with Crippen LogP contribution in [-0.2, 0) is 16.4 Å². The summed E-state index contributed by atoms with van der Waals surface area (Å²) in [5.41, 5.74) is 2.26. The highest BCUT2D eigenvalue weighted by atomic mass is 35.5. The lowest BCUT2D eigenvalue weighted by Crippen LogP contribution is -2.47. The predicted molar refractivity (Wildman–Crippen MR) is 86.8 cm³/mol. The minimum absolute atomic E-state index is 0.00426. The zero-order valence-corrected chi connectivity index (χ0v) is 13.8. The van der Waals surface area contributed by atoms with Crippen LogP contribution in [0.2, 0.25) is 5.02 Å². The van der Waals surface area contributed by atoms with E-state index in [0.29, 0.717) is 12.6 Å². The Labute approximate surface area is 131 Å². The third-order valence-electron chi connectivity index (χ3n) is 4.18. The first kappa shape index (κ1) is 15.1. The van der Waals surface area contributed by atoms with Crippen molar-refractivity contribution in [3.05, 3.63) is 28.8 Å². The number of anilines is 1. The topological polar surface area (TPSA) is 49.4 Å². The maximum atomic E-state index is 11.7. The number of hydrogen-bond acceptors (Lipinski definition) is 4. The normalized spacial score (nSPS) is 25.0. The standard InChI is InChI=1S/C15H21ClN2O2S/c1-11-10-21(19,20)7-6-18(11)15-5-2-13(16)8-12(15)9-17-14-3-4-14/h2,5,8,11,14,17H,3-4,6-7,9-10H2,1H3. The number of hydrogen-bond donors (Lipinski definition) is 1. The fraction of sp³-hybridized carbons (Fsp3) is 0.600. The van der Waals surface area contributed by atoms with Crippen LogP contribution >= 0.6 is 11.6 Å². The molecule has 3 rings (SSSR count). The minimum atomic E-state index is -2.89. The van der Waals surface area contributed by atoms with Gasteiger partial charge < -0.3 is 10.2 Å². The Morgan fingerprint density at radius 3 is 2.81 bits per heavy atom. The van der Waals surface area contributed by atoms with Gasteiger partial charge in [0.2, 0.25) is 0 Å². The Kier molecular flexibility index (Phi) is 4.17. The van der Waals surface area contributed by atoms with Crippen molar-refractivity contribution in [1.29, 1.82) is 0 Å². The van der Waals surface area contributed by atoms with Crippen molar-refractivity contribution in [2.75, 3.05) is 23.0 Å². The fourth-order valence-electron chi connectivity index (χ4n) is 2.87. The molecule has 0 aromatic heterocycles. The smallest absolute Gasteiger partial charge is 0.154 e. The van der Waals surface area contributed by atoms with E-state index in [4.69, 9.17) is 11.6 Å². The van der Waals surface area contributed by atoms with E-state index >= 15 is 0 Å². The van der Waals surface area contributed by atoms with Gasteiger partial charge in [0.15, 0.2) is 9.84 Å². The van der Waals surface area contributed by atoms with Crippen LogP contribution in [0.25, 0.3) is 0 Å². The van der Waals surface area contributed by atoms with Gasteiger partial charge in [-0.3, -0.25) is 0 Å². The molecule has 1 saturated carbocycles. The number of rotatable bonds is 4. The Bertz CT molecular complexity index is 629. The Balaban J connectivity index is 1.82. The molecular weight excluding hydrogens is 308 g/mol. The van der Waals surface area contributed by atoms with Gasteiger partial charge in [0.25, 0.3) is 0 Å². The second kappa shape index (κ2) is 5.78. The lowest BCUT2D eigenvalue weighted by atomic mass is 10.1. The molecule has 6 heteroatoms. The van der Waals surface area contributed by atoms with Gasteiger partial charge in [-0.2, -0.15) is 0 Å². The second-order valence-corrected chi connectivity index (χ2v) is 8.75. The van der Waals surface area contributed by atoms with Gasteiger partial charge in [-0.1, -0.05) is 11.6 Å². The third kappa shape index (κ3) is 3.71. The molecule has 0 spiro atoms. The van der Waals surface area contributed by atoms with E-state index in [0.717, 1.165) is 22.8 Å². The van der Waals surface area contributed by atoms with Crippen molar-refractivity contribution in [2.45, 2.75) is 38.4 Å². The summed E-state index contributed by atoms with van der Waals surface area (Å²) in [6.45, 7) is 3.32. The average molecular weight is 329 g/mol. The van der Waals surface area contributed by atoms with E-state index in [9.17, 15) is 8.42 Å². The molecule has 2 fully saturated rings. The van der Waals surface area contributed by atoms with Crippen LogP contribution in [0.3, 0.4) is 0 Å². The SMILES string of the molecule is CC1CS(=O)(=O)CCN1c1ccc(Cl)cc1CNC1CC1. The summed E-state index contributed by atoms with van der Waals surface area (Å²) in [6, 6.07) is 6.52. The lowest BCUT2D eigenvalue weighted by molar-refractivity contribution is 0.567. The summed E-state index contributed by atoms with van der Waals surface area (Å²) in [5.74, 6) is 0.459. The summed E-state index contributed by atoms with van der Waals surface area (Å²) in [6.07, 6.45) is 2.49. The third-order valence-corrected chi connectivity index (χ3v) is 6.21. The monoisotopic (exact) mass is 328 g/mol. The van der Waals surface area contributed by atoms with Crippen molar-refractivity contribution in [3.63, 3.8) is 0 Å². The van der Waals surface area contributed by atoms with E-state index in [1.807, 2.05) is 25.1 Å².